The number of benzene rings is 1. The summed E-state index contributed by atoms with van der Waals surface area (Å²) in [7, 11) is 3.23. The van der Waals surface area contributed by atoms with Gasteiger partial charge < -0.3 is 14.8 Å². The number of rotatable bonds is 2. The second kappa shape index (κ2) is 4.45. The third kappa shape index (κ3) is 1.37. The molecule has 0 aromatic heterocycles. The Morgan fingerprint density at radius 3 is 2.92 bits per heavy atom. The second-order valence-corrected chi connectivity index (χ2v) is 8.81. The number of carbonyl (C=O) groups is 1. The van der Waals surface area contributed by atoms with Crippen molar-refractivity contribution in [1.82, 2.24) is 4.90 Å². The normalized spacial score (nSPS) is 43.6. The van der Waals surface area contributed by atoms with Gasteiger partial charge in [0.15, 0.2) is 0 Å². The first-order valence-electron chi connectivity index (χ1n) is 9.55. The van der Waals surface area contributed by atoms with Crippen molar-refractivity contribution >= 4 is 11.7 Å². The fraction of sp³-hybridized carbons (Fsp3) is 0.571. The lowest BCUT2D eigenvalue weighted by molar-refractivity contribution is -0.194. The number of nitrogens with one attached hydrogen (secondary N) is 1. The van der Waals surface area contributed by atoms with Gasteiger partial charge in [-0.05, 0) is 37.4 Å². The van der Waals surface area contributed by atoms with Gasteiger partial charge in [0, 0.05) is 35.2 Å². The maximum absolute atomic E-state index is 13.0. The zero-order chi connectivity index (χ0) is 17.7. The number of hydrogen-bond acceptors (Lipinski definition) is 5. The molecule has 136 valence electrons. The highest BCUT2D eigenvalue weighted by Crippen LogP contribution is 2.76. The zero-order valence-electron chi connectivity index (χ0n) is 15.2. The van der Waals surface area contributed by atoms with Gasteiger partial charge in [0.2, 0.25) is 0 Å². The summed E-state index contributed by atoms with van der Waals surface area (Å²) in [4.78, 5) is 15.6. The standard InChI is InChI=1S/C21H24N2O3/c1-25-13-4-5-14-15(10-13)22-16-20(18(24)26-2)11-19(12-20)6-3-8-23-9-7-21(14,16)17(19)23/h3-6,10,16-17,22H,7-9,11-12H2,1-2H3/t16?,17-,19?,20?,21+/m0/s1. The number of ether oxygens (including phenoxy) is 2. The average molecular weight is 352 g/mol. The van der Waals surface area contributed by atoms with E-state index in [1.54, 1.807) is 7.11 Å². The van der Waals surface area contributed by atoms with Crippen LogP contribution in [0.5, 0.6) is 5.75 Å². The molecule has 0 radical (unpaired) electrons. The number of nitrogens with zero attached hydrogens (tertiary/aromatic N) is 1. The van der Waals surface area contributed by atoms with Gasteiger partial charge in [-0.15, -0.1) is 0 Å². The summed E-state index contributed by atoms with van der Waals surface area (Å²) in [5.74, 6) is 0.814. The van der Waals surface area contributed by atoms with E-state index in [9.17, 15) is 4.79 Å². The average Bonchev–Trinajstić information content (AvgIpc) is 3.20. The fourth-order valence-electron chi connectivity index (χ4n) is 7.44. The Kier molecular flexibility index (Phi) is 2.58. The topological polar surface area (TPSA) is 50.8 Å². The van der Waals surface area contributed by atoms with Crippen LogP contribution in [0.15, 0.2) is 30.4 Å². The van der Waals surface area contributed by atoms with Crippen LogP contribution in [0.4, 0.5) is 5.69 Å². The molecule has 3 aliphatic heterocycles. The van der Waals surface area contributed by atoms with Gasteiger partial charge in [0.05, 0.1) is 25.7 Å². The lowest BCUT2D eigenvalue weighted by atomic mass is 9.35. The molecule has 2 bridgehead atoms. The molecule has 3 saturated carbocycles. The van der Waals surface area contributed by atoms with Crippen molar-refractivity contribution in [2.24, 2.45) is 10.8 Å². The van der Waals surface area contributed by atoms with Crippen LogP contribution in [0.25, 0.3) is 0 Å². The molecule has 26 heavy (non-hydrogen) atoms. The van der Waals surface area contributed by atoms with Crippen LogP contribution in [0, 0.1) is 10.8 Å². The molecule has 7 rings (SSSR count). The highest BCUT2D eigenvalue weighted by Gasteiger charge is 2.81. The van der Waals surface area contributed by atoms with Gasteiger partial charge in [0.1, 0.15) is 5.75 Å². The summed E-state index contributed by atoms with van der Waals surface area (Å²) in [6.45, 7) is 2.12. The molecule has 1 aromatic rings. The van der Waals surface area contributed by atoms with E-state index in [2.05, 4.69) is 40.6 Å². The summed E-state index contributed by atoms with van der Waals surface area (Å²) in [5.41, 5.74) is 2.18. The molecule has 2 spiro atoms. The molecule has 3 aliphatic carbocycles. The van der Waals surface area contributed by atoms with Gasteiger partial charge >= 0.3 is 5.97 Å². The molecule has 1 N–H and O–H groups in total. The molecule has 1 aromatic carbocycles. The maximum Gasteiger partial charge on any atom is 0.313 e. The third-order valence-electron chi connectivity index (χ3n) is 7.98. The predicted molar refractivity (Wildman–Crippen MR) is 97.3 cm³/mol. The van der Waals surface area contributed by atoms with E-state index in [1.165, 1.54) is 12.7 Å². The minimum absolute atomic E-state index is 0.0168. The Bertz CT molecular complexity index is 857. The molecule has 5 nitrogen and oxygen atoms in total. The first-order chi connectivity index (χ1) is 12.6. The van der Waals surface area contributed by atoms with Crippen LogP contribution in [-0.2, 0) is 14.9 Å². The maximum atomic E-state index is 13.0. The molecular weight excluding hydrogens is 328 g/mol. The summed E-state index contributed by atoms with van der Waals surface area (Å²) in [6, 6.07) is 6.97. The summed E-state index contributed by atoms with van der Waals surface area (Å²) >= 11 is 0. The molecule has 3 heterocycles. The fourth-order valence-corrected chi connectivity index (χ4v) is 7.44. The van der Waals surface area contributed by atoms with E-state index in [0.29, 0.717) is 6.04 Å². The van der Waals surface area contributed by atoms with Crippen LogP contribution in [0.2, 0.25) is 0 Å². The number of fused-ring (bicyclic) bond motifs is 1. The van der Waals surface area contributed by atoms with Crippen molar-refractivity contribution in [2.45, 2.75) is 36.8 Å². The molecule has 1 saturated heterocycles. The SMILES string of the molecule is COC(=O)C12CC3(C=CCN4CC[C@]5(c6ccc(OC)cc6NC15)[C@@H]43)C2. The number of carbonyl (C=O) groups excluding carboxylic acids is 1. The third-order valence-corrected chi connectivity index (χ3v) is 7.98. The number of methoxy groups -OCH3 is 2. The quantitative estimate of drug-likeness (QED) is 0.654. The minimum Gasteiger partial charge on any atom is -0.497 e. The van der Waals surface area contributed by atoms with Gasteiger partial charge in [-0.3, -0.25) is 9.69 Å². The predicted octanol–water partition coefficient (Wildman–Crippen LogP) is 2.32. The van der Waals surface area contributed by atoms with Crippen LogP contribution >= 0.6 is 0 Å². The van der Waals surface area contributed by atoms with Crippen LogP contribution in [-0.4, -0.2) is 50.3 Å². The Balaban J connectivity index is 1.59. The van der Waals surface area contributed by atoms with Crippen LogP contribution in [0.1, 0.15) is 24.8 Å². The van der Waals surface area contributed by atoms with E-state index >= 15 is 0 Å². The largest absolute Gasteiger partial charge is 0.497 e. The summed E-state index contributed by atoms with van der Waals surface area (Å²) in [5, 5.41) is 3.77. The van der Waals surface area contributed by atoms with Crippen molar-refractivity contribution in [3.8, 4) is 5.75 Å². The molecular formula is C21H24N2O3. The molecule has 3 atom stereocenters. The molecule has 0 amide bonds. The Labute approximate surface area is 153 Å². The number of anilines is 1. The van der Waals surface area contributed by atoms with E-state index in [-0.39, 0.29) is 22.8 Å². The summed E-state index contributed by atoms with van der Waals surface area (Å²) in [6.07, 6.45) is 7.62. The first kappa shape index (κ1) is 15.1. The van der Waals surface area contributed by atoms with Gasteiger partial charge in [-0.2, -0.15) is 0 Å². The molecule has 6 aliphatic rings. The monoisotopic (exact) mass is 352 g/mol. The van der Waals surface area contributed by atoms with Crippen molar-refractivity contribution < 1.29 is 14.3 Å². The molecule has 5 heteroatoms. The minimum atomic E-state index is -0.421. The highest BCUT2D eigenvalue weighted by atomic mass is 16.5. The van der Waals surface area contributed by atoms with Crippen molar-refractivity contribution in [3.63, 3.8) is 0 Å². The Hall–Kier alpha value is -2.01. The Morgan fingerprint density at radius 1 is 1.31 bits per heavy atom. The second-order valence-electron chi connectivity index (χ2n) is 8.81. The molecule has 1 unspecified atom stereocenters. The number of hydrogen-bond donors (Lipinski definition) is 1. The van der Waals surface area contributed by atoms with Gasteiger partial charge in [-0.25, -0.2) is 0 Å². The van der Waals surface area contributed by atoms with E-state index in [0.717, 1.165) is 43.8 Å². The lowest BCUT2D eigenvalue weighted by Gasteiger charge is -2.70. The van der Waals surface area contributed by atoms with Crippen LogP contribution < -0.4 is 10.1 Å². The Morgan fingerprint density at radius 2 is 2.15 bits per heavy atom. The van der Waals surface area contributed by atoms with Gasteiger partial charge in [0.25, 0.3) is 0 Å². The summed E-state index contributed by atoms with van der Waals surface area (Å²) < 4.78 is 10.8. The van der Waals surface area contributed by atoms with E-state index < -0.39 is 5.41 Å². The first-order valence-corrected chi connectivity index (χ1v) is 9.55. The van der Waals surface area contributed by atoms with Gasteiger partial charge in [-0.1, -0.05) is 18.2 Å². The zero-order valence-corrected chi connectivity index (χ0v) is 15.2. The smallest absolute Gasteiger partial charge is 0.313 e. The van der Waals surface area contributed by atoms with Crippen molar-refractivity contribution in [2.75, 3.05) is 32.6 Å². The highest BCUT2D eigenvalue weighted by molar-refractivity contribution is 5.84. The number of esters is 1. The van der Waals surface area contributed by atoms with Crippen molar-refractivity contribution in [3.05, 3.63) is 35.9 Å². The molecule has 4 fully saturated rings. The van der Waals surface area contributed by atoms with Crippen molar-refractivity contribution in [1.29, 1.82) is 0 Å². The lowest BCUT2D eigenvalue weighted by Crippen LogP contribution is -2.77. The van der Waals surface area contributed by atoms with E-state index in [1.807, 2.05) is 0 Å². The van der Waals surface area contributed by atoms with E-state index in [4.69, 9.17) is 9.47 Å². The van der Waals surface area contributed by atoms with Crippen LogP contribution in [0.3, 0.4) is 0 Å².